The van der Waals surface area contributed by atoms with Gasteiger partial charge in [0.15, 0.2) is 0 Å². The van der Waals surface area contributed by atoms with E-state index >= 15 is 0 Å². The van der Waals surface area contributed by atoms with Crippen molar-refractivity contribution in [3.63, 3.8) is 0 Å². The first-order chi connectivity index (χ1) is 10.2. The van der Waals surface area contributed by atoms with Crippen molar-refractivity contribution >= 4 is 17.5 Å². The van der Waals surface area contributed by atoms with Gasteiger partial charge in [0, 0.05) is 18.1 Å². The maximum Gasteiger partial charge on any atom is 0.233 e. The predicted octanol–water partition coefficient (Wildman–Crippen LogP) is 2.96. The summed E-state index contributed by atoms with van der Waals surface area (Å²) in [5.41, 5.74) is 6.56. The Hall–Kier alpha value is -1.06. The van der Waals surface area contributed by atoms with E-state index in [-0.39, 0.29) is 5.41 Å². The molecule has 1 unspecified atom stereocenters. The zero-order valence-electron chi connectivity index (χ0n) is 12.4. The van der Waals surface area contributed by atoms with Crippen LogP contribution in [0.3, 0.4) is 0 Å². The van der Waals surface area contributed by atoms with E-state index in [4.69, 9.17) is 17.3 Å². The van der Waals surface area contributed by atoms with Crippen LogP contribution >= 0.6 is 11.6 Å². The predicted molar refractivity (Wildman–Crippen MR) is 85.3 cm³/mol. The summed E-state index contributed by atoms with van der Waals surface area (Å²) >= 11 is 6.00. The number of hydrogen-bond donors (Lipinski definition) is 1. The second-order valence-corrected chi connectivity index (χ2v) is 6.87. The minimum atomic E-state index is -0.325. The minimum Gasteiger partial charge on any atom is -0.342 e. The summed E-state index contributed by atoms with van der Waals surface area (Å²) in [4.78, 5) is 15.2. The average molecular weight is 307 g/mol. The number of benzene rings is 1. The quantitative estimate of drug-likeness (QED) is 0.933. The Bertz CT molecular complexity index is 508. The lowest BCUT2D eigenvalue weighted by molar-refractivity contribution is -0.136. The summed E-state index contributed by atoms with van der Waals surface area (Å²) < 4.78 is 0. The fraction of sp³-hybridized carbons (Fsp3) is 0.588. The molecule has 3 nitrogen and oxygen atoms in total. The fourth-order valence-electron chi connectivity index (χ4n) is 3.89. The van der Waals surface area contributed by atoms with Crippen molar-refractivity contribution in [1.29, 1.82) is 0 Å². The van der Waals surface area contributed by atoms with Crippen LogP contribution < -0.4 is 5.73 Å². The summed E-state index contributed by atoms with van der Waals surface area (Å²) in [6.07, 6.45) is 5.21. The molecule has 4 heteroatoms. The van der Waals surface area contributed by atoms with Gasteiger partial charge in [-0.2, -0.15) is 0 Å². The van der Waals surface area contributed by atoms with Crippen LogP contribution in [0.2, 0.25) is 5.02 Å². The van der Waals surface area contributed by atoms with Crippen LogP contribution in [0, 0.1) is 5.92 Å². The van der Waals surface area contributed by atoms with Gasteiger partial charge in [-0.05, 0) is 49.4 Å². The molecule has 1 saturated carbocycles. The van der Waals surface area contributed by atoms with Crippen molar-refractivity contribution in [3.8, 4) is 0 Å². The Morgan fingerprint density at radius 3 is 2.52 bits per heavy atom. The molecule has 21 heavy (non-hydrogen) atoms. The number of halogens is 1. The molecule has 0 radical (unpaired) electrons. The highest BCUT2D eigenvalue weighted by Crippen LogP contribution is 2.43. The number of carbonyl (C=O) groups is 1. The molecule has 2 aliphatic rings. The standard InChI is InChI=1S/C17H23ClN2O/c18-15-5-3-14(4-6-15)17(8-1-2-9-17)16(21)20-10-7-13(11-19)12-20/h3-6,13H,1-2,7-12,19H2. The molecule has 0 bridgehead atoms. The lowest BCUT2D eigenvalue weighted by atomic mass is 9.77. The molecule has 114 valence electrons. The van der Waals surface area contributed by atoms with Crippen LogP contribution in [0.25, 0.3) is 0 Å². The van der Waals surface area contributed by atoms with Crippen molar-refractivity contribution < 1.29 is 4.79 Å². The summed E-state index contributed by atoms with van der Waals surface area (Å²) in [6, 6.07) is 7.86. The van der Waals surface area contributed by atoms with Crippen molar-refractivity contribution in [2.45, 2.75) is 37.5 Å². The van der Waals surface area contributed by atoms with E-state index in [1.54, 1.807) is 0 Å². The molecule has 0 aromatic heterocycles. The molecule has 2 fully saturated rings. The van der Waals surface area contributed by atoms with Gasteiger partial charge in [-0.15, -0.1) is 0 Å². The van der Waals surface area contributed by atoms with Crippen LogP contribution in [0.1, 0.15) is 37.7 Å². The van der Waals surface area contributed by atoms with Crippen molar-refractivity contribution in [3.05, 3.63) is 34.9 Å². The molecule has 1 atom stereocenters. The third-order valence-electron chi connectivity index (χ3n) is 5.17. The van der Waals surface area contributed by atoms with Crippen molar-refractivity contribution in [2.24, 2.45) is 11.7 Å². The summed E-state index contributed by atoms with van der Waals surface area (Å²) in [5, 5.41) is 0.726. The lowest BCUT2D eigenvalue weighted by Gasteiger charge is -2.33. The van der Waals surface area contributed by atoms with E-state index in [0.29, 0.717) is 18.4 Å². The third kappa shape index (κ3) is 2.69. The van der Waals surface area contributed by atoms with Gasteiger partial charge in [-0.3, -0.25) is 4.79 Å². The van der Waals surface area contributed by atoms with E-state index in [1.807, 2.05) is 29.2 Å². The number of amides is 1. The first-order valence-corrected chi connectivity index (χ1v) is 8.29. The Morgan fingerprint density at radius 2 is 1.95 bits per heavy atom. The van der Waals surface area contributed by atoms with Gasteiger partial charge >= 0.3 is 0 Å². The average Bonchev–Trinajstić information content (AvgIpc) is 3.17. The van der Waals surface area contributed by atoms with Crippen LogP contribution in [-0.2, 0) is 10.2 Å². The largest absolute Gasteiger partial charge is 0.342 e. The highest BCUT2D eigenvalue weighted by Gasteiger charge is 2.46. The summed E-state index contributed by atoms with van der Waals surface area (Å²) in [7, 11) is 0. The molecule has 1 amide bonds. The highest BCUT2D eigenvalue weighted by molar-refractivity contribution is 6.30. The summed E-state index contributed by atoms with van der Waals surface area (Å²) in [5.74, 6) is 0.774. The van der Waals surface area contributed by atoms with E-state index < -0.39 is 0 Å². The number of rotatable bonds is 3. The fourth-order valence-corrected chi connectivity index (χ4v) is 4.01. The van der Waals surface area contributed by atoms with E-state index in [9.17, 15) is 4.79 Å². The topological polar surface area (TPSA) is 46.3 Å². The van der Waals surface area contributed by atoms with Crippen LogP contribution in [-0.4, -0.2) is 30.4 Å². The smallest absolute Gasteiger partial charge is 0.233 e. The van der Waals surface area contributed by atoms with Crippen molar-refractivity contribution in [2.75, 3.05) is 19.6 Å². The van der Waals surface area contributed by atoms with E-state index in [1.165, 1.54) is 0 Å². The van der Waals surface area contributed by atoms with Gasteiger partial charge in [-0.1, -0.05) is 36.6 Å². The maximum atomic E-state index is 13.2. The minimum absolute atomic E-state index is 0.304. The molecule has 0 spiro atoms. The van der Waals surface area contributed by atoms with Gasteiger partial charge in [-0.25, -0.2) is 0 Å². The Morgan fingerprint density at radius 1 is 1.29 bits per heavy atom. The van der Waals surface area contributed by atoms with Gasteiger partial charge < -0.3 is 10.6 Å². The van der Waals surface area contributed by atoms with Gasteiger partial charge in [0.2, 0.25) is 5.91 Å². The summed E-state index contributed by atoms with van der Waals surface area (Å²) in [6.45, 7) is 2.36. The number of nitrogens with two attached hydrogens (primary N) is 1. The molecule has 1 aliphatic carbocycles. The second-order valence-electron chi connectivity index (χ2n) is 6.44. The Balaban J connectivity index is 1.87. The van der Waals surface area contributed by atoms with Crippen LogP contribution in [0.15, 0.2) is 24.3 Å². The number of hydrogen-bond acceptors (Lipinski definition) is 2. The zero-order valence-corrected chi connectivity index (χ0v) is 13.1. The molecule has 1 saturated heterocycles. The number of nitrogens with zero attached hydrogens (tertiary/aromatic N) is 1. The molecule has 2 N–H and O–H groups in total. The first-order valence-electron chi connectivity index (χ1n) is 7.91. The molecular formula is C17H23ClN2O. The normalized spacial score (nSPS) is 24.5. The van der Waals surface area contributed by atoms with Crippen molar-refractivity contribution in [1.82, 2.24) is 4.90 Å². The van der Waals surface area contributed by atoms with Crippen LogP contribution in [0.4, 0.5) is 0 Å². The zero-order chi connectivity index (χ0) is 14.9. The van der Waals surface area contributed by atoms with Crippen LogP contribution in [0.5, 0.6) is 0 Å². The van der Waals surface area contributed by atoms with E-state index in [2.05, 4.69) is 0 Å². The third-order valence-corrected chi connectivity index (χ3v) is 5.42. The lowest BCUT2D eigenvalue weighted by Crippen LogP contribution is -2.44. The SMILES string of the molecule is NCC1CCN(C(=O)C2(c3ccc(Cl)cc3)CCCC2)C1. The van der Waals surface area contributed by atoms with E-state index in [0.717, 1.165) is 55.8 Å². The van der Waals surface area contributed by atoms with Gasteiger partial charge in [0.25, 0.3) is 0 Å². The number of carbonyl (C=O) groups excluding carboxylic acids is 1. The molecular weight excluding hydrogens is 284 g/mol. The molecule has 1 aromatic carbocycles. The molecule has 1 aromatic rings. The molecule has 1 aliphatic heterocycles. The highest BCUT2D eigenvalue weighted by atomic mass is 35.5. The van der Waals surface area contributed by atoms with Gasteiger partial charge in [0.05, 0.1) is 5.41 Å². The maximum absolute atomic E-state index is 13.2. The Kier molecular flexibility index (Phi) is 4.23. The Labute approximate surface area is 131 Å². The first kappa shape index (κ1) is 14.9. The number of likely N-dealkylation sites (tertiary alicyclic amines) is 1. The molecule has 1 heterocycles. The monoisotopic (exact) mass is 306 g/mol. The second kappa shape index (κ2) is 5.98. The van der Waals surface area contributed by atoms with Gasteiger partial charge in [0.1, 0.15) is 0 Å². The molecule has 3 rings (SSSR count).